The van der Waals surface area contributed by atoms with Crippen molar-refractivity contribution < 1.29 is 4.42 Å². The van der Waals surface area contributed by atoms with Crippen LogP contribution >= 0.6 is 0 Å². The van der Waals surface area contributed by atoms with Crippen molar-refractivity contribution >= 4 is 6.01 Å². The molecular weight excluding hydrogens is 216 g/mol. The number of hydrogen-bond acceptors (Lipinski definition) is 5. The Morgan fingerprint density at radius 2 is 2.12 bits per heavy atom. The Morgan fingerprint density at radius 1 is 1.35 bits per heavy atom. The maximum absolute atomic E-state index is 5.54. The lowest BCUT2D eigenvalue weighted by Crippen LogP contribution is -2.41. The fourth-order valence-corrected chi connectivity index (χ4v) is 1.93. The Labute approximate surface area is 102 Å². The summed E-state index contributed by atoms with van der Waals surface area (Å²) in [5, 5.41) is 14.6. The Hall–Kier alpha value is -1.10. The molecule has 1 aliphatic rings. The van der Waals surface area contributed by atoms with Crippen molar-refractivity contribution in [1.29, 1.82) is 0 Å². The molecule has 0 atom stereocenters. The van der Waals surface area contributed by atoms with E-state index in [0.717, 1.165) is 6.54 Å². The molecule has 5 nitrogen and oxygen atoms in total. The van der Waals surface area contributed by atoms with E-state index < -0.39 is 0 Å². The number of nitrogens with one attached hydrogen (secondary N) is 2. The van der Waals surface area contributed by atoms with E-state index in [1.165, 1.54) is 19.3 Å². The molecule has 96 valence electrons. The standard InChI is InChI=1S/C12H22N4O/c1-9(2)7-13-8-10-15-16-11(17-10)14-12(3)5-4-6-12/h9,13H,4-8H2,1-3H3,(H,14,16). The molecule has 0 radical (unpaired) electrons. The SMILES string of the molecule is CC(C)CNCc1nnc(NC2(C)CCC2)o1. The van der Waals surface area contributed by atoms with Gasteiger partial charge in [0, 0.05) is 5.54 Å². The van der Waals surface area contributed by atoms with Crippen LogP contribution in [0.25, 0.3) is 0 Å². The third-order valence-corrected chi connectivity index (χ3v) is 3.16. The molecule has 5 heteroatoms. The molecule has 1 aromatic heterocycles. The van der Waals surface area contributed by atoms with Gasteiger partial charge in [0.2, 0.25) is 5.89 Å². The minimum atomic E-state index is 0.162. The minimum Gasteiger partial charge on any atom is -0.407 e. The van der Waals surface area contributed by atoms with Gasteiger partial charge in [-0.2, -0.15) is 0 Å². The maximum Gasteiger partial charge on any atom is 0.315 e. The average Bonchev–Trinajstić information content (AvgIpc) is 2.63. The third-order valence-electron chi connectivity index (χ3n) is 3.16. The summed E-state index contributed by atoms with van der Waals surface area (Å²) < 4.78 is 5.54. The lowest BCUT2D eigenvalue weighted by atomic mass is 9.79. The second kappa shape index (κ2) is 5.04. The van der Waals surface area contributed by atoms with Crippen molar-refractivity contribution in [3.05, 3.63) is 5.89 Å². The van der Waals surface area contributed by atoms with E-state index in [9.17, 15) is 0 Å². The summed E-state index contributed by atoms with van der Waals surface area (Å²) in [4.78, 5) is 0. The first-order valence-corrected chi connectivity index (χ1v) is 6.39. The molecule has 1 aromatic rings. The zero-order valence-corrected chi connectivity index (χ0v) is 10.9. The topological polar surface area (TPSA) is 63.0 Å². The first-order valence-electron chi connectivity index (χ1n) is 6.39. The molecule has 17 heavy (non-hydrogen) atoms. The lowest BCUT2D eigenvalue weighted by Gasteiger charge is -2.38. The van der Waals surface area contributed by atoms with Crippen molar-refractivity contribution in [3.8, 4) is 0 Å². The molecule has 0 spiro atoms. The molecule has 0 aromatic carbocycles. The summed E-state index contributed by atoms with van der Waals surface area (Å²) >= 11 is 0. The molecule has 2 rings (SSSR count). The average molecular weight is 238 g/mol. The molecule has 0 bridgehead atoms. The van der Waals surface area contributed by atoms with E-state index >= 15 is 0 Å². The van der Waals surface area contributed by atoms with Crippen LogP contribution in [-0.2, 0) is 6.54 Å². The number of nitrogens with zero attached hydrogens (tertiary/aromatic N) is 2. The summed E-state index contributed by atoms with van der Waals surface area (Å²) in [5.41, 5.74) is 0.162. The van der Waals surface area contributed by atoms with Crippen LogP contribution in [-0.4, -0.2) is 22.3 Å². The van der Waals surface area contributed by atoms with Crippen molar-refractivity contribution in [2.24, 2.45) is 5.92 Å². The first-order chi connectivity index (χ1) is 8.07. The predicted molar refractivity (Wildman–Crippen MR) is 66.7 cm³/mol. The van der Waals surface area contributed by atoms with Crippen LogP contribution in [0.3, 0.4) is 0 Å². The van der Waals surface area contributed by atoms with Gasteiger partial charge in [0.05, 0.1) is 6.54 Å². The van der Waals surface area contributed by atoms with Gasteiger partial charge in [-0.1, -0.05) is 18.9 Å². The Balaban J connectivity index is 1.79. The highest BCUT2D eigenvalue weighted by atomic mass is 16.4. The summed E-state index contributed by atoms with van der Waals surface area (Å²) in [5.74, 6) is 1.28. The van der Waals surface area contributed by atoms with E-state index in [4.69, 9.17) is 4.42 Å². The molecule has 0 saturated heterocycles. The van der Waals surface area contributed by atoms with Crippen molar-refractivity contribution in [2.75, 3.05) is 11.9 Å². The van der Waals surface area contributed by atoms with Gasteiger partial charge in [0.15, 0.2) is 0 Å². The highest BCUT2D eigenvalue weighted by Crippen LogP contribution is 2.34. The molecular formula is C12H22N4O. The van der Waals surface area contributed by atoms with Gasteiger partial charge in [-0.3, -0.25) is 0 Å². The largest absolute Gasteiger partial charge is 0.407 e. The fraction of sp³-hybridized carbons (Fsp3) is 0.833. The van der Waals surface area contributed by atoms with Gasteiger partial charge < -0.3 is 15.1 Å². The van der Waals surface area contributed by atoms with Gasteiger partial charge in [-0.05, 0) is 38.6 Å². The van der Waals surface area contributed by atoms with Gasteiger partial charge in [0.1, 0.15) is 0 Å². The van der Waals surface area contributed by atoms with Crippen LogP contribution in [0.2, 0.25) is 0 Å². The summed E-state index contributed by atoms with van der Waals surface area (Å²) in [7, 11) is 0. The van der Waals surface area contributed by atoms with E-state index in [1.807, 2.05) is 0 Å². The normalized spacial score (nSPS) is 18.1. The van der Waals surface area contributed by atoms with Gasteiger partial charge in [-0.15, -0.1) is 5.10 Å². The molecule has 0 amide bonds. The highest BCUT2D eigenvalue weighted by molar-refractivity contribution is 5.25. The number of hydrogen-bond donors (Lipinski definition) is 2. The van der Waals surface area contributed by atoms with E-state index in [0.29, 0.717) is 24.4 Å². The number of rotatable bonds is 6. The first kappa shape index (κ1) is 12.4. The van der Waals surface area contributed by atoms with Crippen molar-refractivity contribution in [1.82, 2.24) is 15.5 Å². The Kier molecular flexibility index (Phi) is 3.66. The monoisotopic (exact) mass is 238 g/mol. The van der Waals surface area contributed by atoms with Crippen LogP contribution in [0.4, 0.5) is 6.01 Å². The lowest BCUT2D eigenvalue weighted by molar-refractivity contribution is 0.297. The highest BCUT2D eigenvalue weighted by Gasteiger charge is 2.32. The van der Waals surface area contributed by atoms with Gasteiger partial charge >= 0.3 is 6.01 Å². The second-order valence-corrected chi connectivity index (χ2v) is 5.56. The van der Waals surface area contributed by atoms with Crippen molar-refractivity contribution in [3.63, 3.8) is 0 Å². The summed E-state index contributed by atoms with van der Waals surface area (Å²) in [6.45, 7) is 8.14. The zero-order valence-electron chi connectivity index (χ0n) is 10.9. The van der Waals surface area contributed by atoms with E-state index in [-0.39, 0.29) is 5.54 Å². The van der Waals surface area contributed by atoms with Crippen LogP contribution in [0.15, 0.2) is 4.42 Å². The van der Waals surface area contributed by atoms with Gasteiger partial charge in [-0.25, -0.2) is 0 Å². The van der Waals surface area contributed by atoms with Crippen LogP contribution in [0.1, 0.15) is 45.9 Å². The second-order valence-electron chi connectivity index (χ2n) is 5.56. The third kappa shape index (κ3) is 3.43. The molecule has 0 aliphatic heterocycles. The van der Waals surface area contributed by atoms with E-state index in [2.05, 4.69) is 41.6 Å². The summed E-state index contributed by atoms with van der Waals surface area (Å²) in [6.07, 6.45) is 3.63. The summed E-state index contributed by atoms with van der Waals surface area (Å²) in [6, 6.07) is 0.550. The Morgan fingerprint density at radius 3 is 2.71 bits per heavy atom. The zero-order chi connectivity index (χ0) is 12.3. The predicted octanol–water partition coefficient (Wildman–Crippen LogP) is 2.17. The molecule has 1 saturated carbocycles. The van der Waals surface area contributed by atoms with Gasteiger partial charge in [0.25, 0.3) is 0 Å². The van der Waals surface area contributed by atoms with Crippen LogP contribution in [0, 0.1) is 5.92 Å². The molecule has 1 heterocycles. The molecule has 1 fully saturated rings. The van der Waals surface area contributed by atoms with Crippen molar-refractivity contribution in [2.45, 2.75) is 52.1 Å². The molecule has 0 unspecified atom stereocenters. The maximum atomic E-state index is 5.54. The molecule has 1 aliphatic carbocycles. The molecule has 2 N–H and O–H groups in total. The number of aromatic nitrogens is 2. The van der Waals surface area contributed by atoms with Crippen LogP contribution in [0.5, 0.6) is 0 Å². The Bertz CT molecular complexity index is 357. The fourth-order valence-electron chi connectivity index (χ4n) is 1.93. The number of anilines is 1. The minimum absolute atomic E-state index is 0.162. The van der Waals surface area contributed by atoms with Crippen LogP contribution < -0.4 is 10.6 Å². The van der Waals surface area contributed by atoms with E-state index in [1.54, 1.807) is 0 Å². The smallest absolute Gasteiger partial charge is 0.315 e. The quantitative estimate of drug-likeness (QED) is 0.795.